The van der Waals surface area contributed by atoms with Crippen molar-refractivity contribution in [1.29, 1.82) is 0 Å². The molecule has 0 aliphatic carbocycles. The van der Waals surface area contributed by atoms with Gasteiger partial charge in [-0.2, -0.15) is 5.10 Å². The number of aromatic nitrogens is 2. The summed E-state index contributed by atoms with van der Waals surface area (Å²) in [5.41, 5.74) is 3.93. The first kappa shape index (κ1) is 15.3. The SMILES string of the molecule is O=C(NN1CCCCC1)c1ccn(-c2ccc(Cl)cc2Cl)n1. The first-order valence-electron chi connectivity index (χ1n) is 7.20. The molecule has 3 rings (SSSR count). The number of halogens is 2. The lowest BCUT2D eigenvalue weighted by Gasteiger charge is -2.26. The van der Waals surface area contributed by atoms with Gasteiger partial charge in [-0.25, -0.2) is 9.69 Å². The van der Waals surface area contributed by atoms with Crippen molar-refractivity contribution >= 4 is 29.1 Å². The van der Waals surface area contributed by atoms with Crippen molar-refractivity contribution in [3.8, 4) is 5.69 Å². The lowest BCUT2D eigenvalue weighted by atomic mass is 10.2. The van der Waals surface area contributed by atoms with Crippen LogP contribution in [-0.2, 0) is 0 Å². The number of rotatable bonds is 3. The zero-order valence-corrected chi connectivity index (χ0v) is 13.4. The van der Waals surface area contributed by atoms with E-state index in [1.54, 1.807) is 35.1 Å². The number of carbonyl (C=O) groups excluding carboxylic acids is 1. The van der Waals surface area contributed by atoms with Crippen molar-refractivity contribution in [3.05, 3.63) is 46.2 Å². The smallest absolute Gasteiger partial charge is 0.283 e. The van der Waals surface area contributed by atoms with Crippen LogP contribution in [0.25, 0.3) is 5.69 Å². The maximum Gasteiger partial charge on any atom is 0.286 e. The second-order valence-electron chi connectivity index (χ2n) is 5.23. The summed E-state index contributed by atoms with van der Waals surface area (Å²) in [5.74, 6) is -0.203. The fourth-order valence-electron chi connectivity index (χ4n) is 2.45. The Hall–Kier alpha value is -1.56. The topological polar surface area (TPSA) is 50.2 Å². The summed E-state index contributed by atoms with van der Waals surface area (Å²) in [6.45, 7) is 1.77. The molecule has 1 fully saturated rings. The van der Waals surface area contributed by atoms with Gasteiger partial charge >= 0.3 is 0 Å². The predicted octanol–water partition coefficient (Wildman–Crippen LogP) is 3.31. The van der Waals surface area contributed by atoms with Gasteiger partial charge in [0.1, 0.15) is 0 Å². The van der Waals surface area contributed by atoms with Crippen molar-refractivity contribution in [2.24, 2.45) is 0 Å². The van der Waals surface area contributed by atoms with E-state index >= 15 is 0 Å². The number of amides is 1. The van der Waals surface area contributed by atoms with Crippen LogP contribution in [0.1, 0.15) is 29.8 Å². The second-order valence-corrected chi connectivity index (χ2v) is 6.07. The van der Waals surface area contributed by atoms with E-state index in [2.05, 4.69) is 10.5 Å². The average molecular weight is 339 g/mol. The van der Waals surface area contributed by atoms with Gasteiger partial charge in [0.2, 0.25) is 0 Å². The van der Waals surface area contributed by atoms with E-state index in [4.69, 9.17) is 23.2 Å². The predicted molar refractivity (Wildman–Crippen MR) is 86.5 cm³/mol. The Bertz CT molecular complexity index is 680. The summed E-state index contributed by atoms with van der Waals surface area (Å²) in [6, 6.07) is 6.82. The normalized spacial score (nSPS) is 15.7. The Balaban J connectivity index is 1.73. The summed E-state index contributed by atoms with van der Waals surface area (Å²) in [7, 11) is 0. The third-order valence-electron chi connectivity index (χ3n) is 3.59. The zero-order chi connectivity index (χ0) is 15.5. The molecule has 0 radical (unpaired) electrons. The van der Waals surface area contributed by atoms with Gasteiger partial charge in [0.15, 0.2) is 5.69 Å². The van der Waals surface area contributed by atoms with Crippen LogP contribution >= 0.6 is 23.2 Å². The van der Waals surface area contributed by atoms with Crippen molar-refractivity contribution in [3.63, 3.8) is 0 Å². The molecule has 5 nitrogen and oxygen atoms in total. The fraction of sp³-hybridized carbons (Fsp3) is 0.333. The van der Waals surface area contributed by atoms with Gasteiger partial charge in [0.05, 0.1) is 10.7 Å². The highest BCUT2D eigenvalue weighted by Gasteiger charge is 2.16. The molecule has 0 atom stereocenters. The molecule has 1 N–H and O–H groups in total. The molecule has 1 saturated heterocycles. The Kier molecular flexibility index (Phi) is 4.66. The van der Waals surface area contributed by atoms with Gasteiger partial charge in [0.25, 0.3) is 5.91 Å². The first-order chi connectivity index (χ1) is 10.6. The standard InChI is InChI=1S/C15H16Cl2N4O/c16-11-4-5-14(12(17)10-11)21-9-6-13(18-21)15(22)19-20-7-2-1-3-8-20/h4-6,9-10H,1-3,7-8H2,(H,19,22). The van der Waals surface area contributed by atoms with Crippen LogP contribution in [0.15, 0.2) is 30.5 Å². The van der Waals surface area contributed by atoms with E-state index in [1.165, 1.54) is 6.42 Å². The van der Waals surface area contributed by atoms with Gasteiger partial charge < -0.3 is 0 Å². The third-order valence-corrected chi connectivity index (χ3v) is 4.13. The van der Waals surface area contributed by atoms with Crippen LogP contribution in [0, 0.1) is 0 Å². The van der Waals surface area contributed by atoms with E-state index < -0.39 is 0 Å². The average Bonchev–Trinajstić information content (AvgIpc) is 2.98. The number of hydrogen-bond donors (Lipinski definition) is 1. The highest BCUT2D eigenvalue weighted by atomic mass is 35.5. The molecule has 2 heterocycles. The van der Waals surface area contributed by atoms with Crippen molar-refractivity contribution in [1.82, 2.24) is 20.2 Å². The van der Waals surface area contributed by atoms with Crippen molar-refractivity contribution < 1.29 is 4.79 Å². The van der Waals surface area contributed by atoms with Gasteiger partial charge in [0, 0.05) is 24.3 Å². The van der Waals surface area contributed by atoms with Crippen LogP contribution in [0.2, 0.25) is 10.0 Å². The number of benzene rings is 1. The molecule has 22 heavy (non-hydrogen) atoms. The van der Waals surface area contributed by atoms with Crippen LogP contribution in [0.5, 0.6) is 0 Å². The molecule has 0 bridgehead atoms. The van der Waals surface area contributed by atoms with Crippen LogP contribution < -0.4 is 5.43 Å². The second kappa shape index (κ2) is 6.69. The molecular formula is C15H16Cl2N4O. The first-order valence-corrected chi connectivity index (χ1v) is 7.96. The van der Waals surface area contributed by atoms with Gasteiger partial charge in [-0.1, -0.05) is 29.6 Å². The zero-order valence-electron chi connectivity index (χ0n) is 11.9. The minimum Gasteiger partial charge on any atom is -0.283 e. The summed E-state index contributed by atoms with van der Waals surface area (Å²) >= 11 is 12.0. The Morgan fingerprint density at radius 2 is 1.91 bits per heavy atom. The van der Waals surface area contributed by atoms with E-state index in [0.29, 0.717) is 21.4 Å². The minimum atomic E-state index is -0.203. The van der Waals surface area contributed by atoms with Crippen LogP contribution in [0.3, 0.4) is 0 Å². The van der Waals surface area contributed by atoms with E-state index in [0.717, 1.165) is 25.9 Å². The molecule has 0 saturated carbocycles. The number of hydrogen-bond acceptors (Lipinski definition) is 3. The molecule has 116 valence electrons. The Morgan fingerprint density at radius 3 is 2.64 bits per heavy atom. The van der Waals surface area contributed by atoms with Gasteiger partial charge in [-0.15, -0.1) is 0 Å². The largest absolute Gasteiger partial charge is 0.286 e. The number of hydrazine groups is 1. The summed E-state index contributed by atoms with van der Waals surface area (Å²) in [4.78, 5) is 12.2. The molecule has 1 amide bonds. The van der Waals surface area contributed by atoms with Crippen LogP contribution in [0.4, 0.5) is 0 Å². The number of carbonyl (C=O) groups is 1. The summed E-state index contributed by atoms with van der Waals surface area (Å²) in [5, 5.41) is 7.28. The minimum absolute atomic E-state index is 0.203. The Morgan fingerprint density at radius 1 is 1.14 bits per heavy atom. The summed E-state index contributed by atoms with van der Waals surface area (Å²) in [6.07, 6.45) is 5.14. The molecule has 0 unspecified atom stereocenters. The molecular weight excluding hydrogens is 323 g/mol. The molecule has 1 aliphatic rings. The highest BCUT2D eigenvalue weighted by Crippen LogP contribution is 2.23. The Labute approximate surface area is 138 Å². The lowest BCUT2D eigenvalue weighted by molar-refractivity contribution is 0.0744. The van der Waals surface area contributed by atoms with Gasteiger partial charge in [-0.3, -0.25) is 10.2 Å². The summed E-state index contributed by atoms with van der Waals surface area (Å²) < 4.78 is 1.57. The molecule has 2 aromatic rings. The highest BCUT2D eigenvalue weighted by molar-refractivity contribution is 6.35. The lowest BCUT2D eigenvalue weighted by Crippen LogP contribution is -2.45. The molecule has 1 aromatic carbocycles. The molecule has 7 heteroatoms. The fourth-order valence-corrected chi connectivity index (χ4v) is 2.95. The molecule has 0 spiro atoms. The third kappa shape index (κ3) is 3.43. The van der Waals surface area contributed by atoms with Crippen molar-refractivity contribution in [2.75, 3.05) is 13.1 Å². The molecule has 1 aromatic heterocycles. The molecule has 1 aliphatic heterocycles. The van der Waals surface area contributed by atoms with Crippen molar-refractivity contribution in [2.45, 2.75) is 19.3 Å². The number of nitrogens with zero attached hydrogens (tertiary/aromatic N) is 3. The number of piperidine rings is 1. The van der Waals surface area contributed by atoms with Crippen LogP contribution in [-0.4, -0.2) is 33.8 Å². The maximum atomic E-state index is 12.2. The quantitative estimate of drug-likeness (QED) is 0.933. The van der Waals surface area contributed by atoms with E-state index in [9.17, 15) is 4.79 Å². The van der Waals surface area contributed by atoms with E-state index in [1.807, 2.05) is 5.01 Å². The van der Waals surface area contributed by atoms with E-state index in [-0.39, 0.29) is 5.91 Å². The monoisotopic (exact) mass is 338 g/mol. The van der Waals surface area contributed by atoms with Gasteiger partial charge in [-0.05, 0) is 37.1 Å². The number of nitrogens with one attached hydrogen (secondary N) is 1. The maximum absolute atomic E-state index is 12.2.